The monoisotopic (exact) mass is 244 g/mol. The summed E-state index contributed by atoms with van der Waals surface area (Å²) in [5, 5.41) is 8.93. The fraction of sp³-hybridized carbons (Fsp3) is 0.154. The fourth-order valence-corrected chi connectivity index (χ4v) is 1.79. The second kappa shape index (κ2) is 4.83. The van der Waals surface area contributed by atoms with Crippen molar-refractivity contribution in [1.82, 2.24) is 9.97 Å². The lowest BCUT2D eigenvalue weighted by Gasteiger charge is -2.07. The van der Waals surface area contributed by atoms with E-state index in [9.17, 15) is 9.59 Å². The zero-order chi connectivity index (χ0) is 13.1. The Hall–Kier alpha value is -2.43. The van der Waals surface area contributed by atoms with Crippen molar-refractivity contribution >= 4 is 5.97 Å². The molecule has 0 aliphatic carbocycles. The van der Waals surface area contributed by atoms with Gasteiger partial charge in [0.1, 0.15) is 5.56 Å². The highest BCUT2D eigenvalue weighted by atomic mass is 16.4. The molecule has 0 aromatic carbocycles. The predicted octanol–water partition coefficient (Wildman–Crippen LogP) is 1.70. The molecule has 0 aliphatic rings. The molecule has 2 aromatic heterocycles. The Morgan fingerprint density at radius 1 is 1.50 bits per heavy atom. The van der Waals surface area contributed by atoms with Crippen molar-refractivity contribution in [3.63, 3.8) is 0 Å². The van der Waals surface area contributed by atoms with E-state index < -0.39 is 11.5 Å². The molecule has 2 N–H and O–H groups in total. The van der Waals surface area contributed by atoms with Crippen LogP contribution in [0, 0.1) is 0 Å². The van der Waals surface area contributed by atoms with Gasteiger partial charge >= 0.3 is 5.97 Å². The molecule has 0 radical (unpaired) electrons. The summed E-state index contributed by atoms with van der Waals surface area (Å²) in [7, 11) is 0. The summed E-state index contributed by atoms with van der Waals surface area (Å²) in [6, 6.07) is 3.19. The number of aromatic carboxylic acids is 1. The number of H-pyrrole nitrogens is 1. The second-order valence-electron chi connectivity index (χ2n) is 3.82. The molecule has 0 bridgehead atoms. The van der Waals surface area contributed by atoms with Gasteiger partial charge in [-0.3, -0.25) is 9.78 Å². The van der Waals surface area contributed by atoms with Gasteiger partial charge in [-0.2, -0.15) is 0 Å². The molecule has 92 valence electrons. The van der Waals surface area contributed by atoms with E-state index in [-0.39, 0.29) is 5.56 Å². The molecule has 0 atom stereocenters. The van der Waals surface area contributed by atoms with Crippen molar-refractivity contribution in [2.45, 2.75) is 13.3 Å². The van der Waals surface area contributed by atoms with Crippen LogP contribution in [0.4, 0.5) is 0 Å². The van der Waals surface area contributed by atoms with Crippen LogP contribution >= 0.6 is 0 Å². The summed E-state index contributed by atoms with van der Waals surface area (Å²) in [5.41, 5.74) is 1.70. The van der Waals surface area contributed by atoms with Crippen LogP contribution in [0.5, 0.6) is 0 Å². The number of aromatic nitrogens is 2. The van der Waals surface area contributed by atoms with Gasteiger partial charge in [0.25, 0.3) is 5.56 Å². The Bertz CT molecular complexity index is 647. The zero-order valence-electron chi connectivity index (χ0n) is 9.80. The highest BCUT2D eigenvalue weighted by Crippen LogP contribution is 2.22. The number of carboxylic acids is 1. The summed E-state index contributed by atoms with van der Waals surface area (Å²) < 4.78 is 0. The van der Waals surface area contributed by atoms with E-state index in [1.807, 2.05) is 6.92 Å². The molecule has 2 aromatic rings. The van der Waals surface area contributed by atoms with Crippen LogP contribution in [0.25, 0.3) is 11.1 Å². The maximum atomic E-state index is 11.3. The van der Waals surface area contributed by atoms with E-state index in [0.717, 1.165) is 17.5 Å². The van der Waals surface area contributed by atoms with Gasteiger partial charge in [-0.05, 0) is 35.2 Å². The Kier molecular flexibility index (Phi) is 3.23. The van der Waals surface area contributed by atoms with Gasteiger partial charge in [0.05, 0.1) is 0 Å². The smallest absolute Gasteiger partial charge is 0.341 e. The highest BCUT2D eigenvalue weighted by Gasteiger charge is 2.11. The third-order valence-corrected chi connectivity index (χ3v) is 2.73. The summed E-state index contributed by atoms with van der Waals surface area (Å²) in [6.45, 7) is 1.99. The standard InChI is InChI=1S/C13H12N2O3/c1-2-8-6-14-4-3-10(8)9-5-11(13(17)18)12(16)15-7-9/h3-7H,2H2,1H3,(H,15,16)(H,17,18). The number of pyridine rings is 2. The summed E-state index contributed by atoms with van der Waals surface area (Å²) >= 11 is 0. The van der Waals surface area contributed by atoms with Gasteiger partial charge < -0.3 is 10.1 Å². The van der Waals surface area contributed by atoms with Crippen molar-refractivity contribution in [1.29, 1.82) is 0 Å². The molecule has 0 spiro atoms. The van der Waals surface area contributed by atoms with Crippen LogP contribution in [-0.4, -0.2) is 21.0 Å². The van der Waals surface area contributed by atoms with Crippen molar-refractivity contribution < 1.29 is 9.90 Å². The number of hydrogen-bond donors (Lipinski definition) is 2. The maximum absolute atomic E-state index is 11.3. The molecule has 5 nitrogen and oxygen atoms in total. The number of carbonyl (C=O) groups is 1. The summed E-state index contributed by atoms with van der Waals surface area (Å²) in [5.74, 6) is -1.23. The first-order valence-corrected chi connectivity index (χ1v) is 5.52. The van der Waals surface area contributed by atoms with E-state index in [1.54, 1.807) is 18.5 Å². The normalized spacial score (nSPS) is 10.3. The second-order valence-corrected chi connectivity index (χ2v) is 3.82. The molecular weight excluding hydrogens is 232 g/mol. The number of aromatic amines is 1. The van der Waals surface area contributed by atoms with Crippen LogP contribution in [0.2, 0.25) is 0 Å². The Morgan fingerprint density at radius 3 is 2.94 bits per heavy atom. The molecule has 2 heterocycles. The molecule has 5 heteroatoms. The molecule has 0 aliphatic heterocycles. The summed E-state index contributed by atoms with van der Waals surface area (Å²) in [4.78, 5) is 28.7. The SMILES string of the molecule is CCc1cnccc1-c1c[nH]c(=O)c(C(=O)O)c1. The lowest BCUT2D eigenvalue weighted by molar-refractivity contribution is 0.0695. The average Bonchev–Trinajstić information content (AvgIpc) is 2.39. The van der Waals surface area contributed by atoms with E-state index in [2.05, 4.69) is 9.97 Å². The van der Waals surface area contributed by atoms with Gasteiger partial charge in [0.2, 0.25) is 0 Å². The van der Waals surface area contributed by atoms with E-state index in [1.165, 1.54) is 12.3 Å². The molecule has 18 heavy (non-hydrogen) atoms. The number of carboxylic acid groups (broad SMARTS) is 1. The summed E-state index contributed by atoms with van der Waals surface area (Å²) in [6.07, 6.45) is 5.68. The number of nitrogens with zero attached hydrogens (tertiary/aromatic N) is 1. The van der Waals surface area contributed by atoms with Crippen molar-refractivity contribution in [3.8, 4) is 11.1 Å². The first-order chi connectivity index (χ1) is 8.63. The molecule has 0 unspecified atom stereocenters. The van der Waals surface area contributed by atoms with Crippen LogP contribution in [0.3, 0.4) is 0 Å². The molecule has 2 rings (SSSR count). The average molecular weight is 244 g/mol. The van der Waals surface area contributed by atoms with Crippen LogP contribution in [0.1, 0.15) is 22.8 Å². The van der Waals surface area contributed by atoms with Crippen LogP contribution in [-0.2, 0) is 6.42 Å². The van der Waals surface area contributed by atoms with Crippen LogP contribution < -0.4 is 5.56 Å². The molecular formula is C13H12N2O3. The highest BCUT2D eigenvalue weighted by molar-refractivity contribution is 5.88. The molecule has 0 saturated heterocycles. The Labute approximate surface area is 103 Å². The van der Waals surface area contributed by atoms with Gasteiger partial charge in [0, 0.05) is 18.6 Å². The lowest BCUT2D eigenvalue weighted by atomic mass is 10.0. The first kappa shape index (κ1) is 12.0. The topological polar surface area (TPSA) is 83.0 Å². The predicted molar refractivity (Wildman–Crippen MR) is 66.6 cm³/mol. The van der Waals surface area contributed by atoms with Crippen molar-refractivity contribution in [2.75, 3.05) is 0 Å². The Balaban J connectivity index is 2.61. The van der Waals surface area contributed by atoms with Gasteiger partial charge in [-0.25, -0.2) is 4.79 Å². The van der Waals surface area contributed by atoms with Crippen molar-refractivity contribution in [3.05, 3.63) is 52.2 Å². The number of hydrogen-bond acceptors (Lipinski definition) is 3. The lowest BCUT2D eigenvalue weighted by Crippen LogP contribution is -2.16. The quantitative estimate of drug-likeness (QED) is 0.860. The minimum atomic E-state index is -1.23. The maximum Gasteiger partial charge on any atom is 0.341 e. The van der Waals surface area contributed by atoms with Gasteiger partial charge in [-0.1, -0.05) is 6.92 Å². The fourth-order valence-electron chi connectivity index (χ4n) is 1.79. The van der Waals surface area contributed by atoms with Crippen LogP contribution in [0.15, 0.2) is 35.5 Å². The van der Waals surface area contributed by atoms with Crippen molar-refractivity contribution in [2.24, 2.45) is 0 Å². The number of rotatable bonds is 3. The Morgan fingerprint density at radius 2 is 2.28 bits per heavy atom. The first-order valence-electron chi connectivity index (χ1n) is 5.52. The molecule has 0 saturated carbocycles. The minimum absolute atomic E-state index is 0.258. The zero-order valence-corrected chi connectivity index (χ0v) is 9.80. The number of nitrogens with one attached hydrogen (secondary N) is 1. The number of aryl methyl sites for hydroxylation is 1. The largest absolute Gasteiger partial charge is 0.477 e. The molecule has 0 fully saturated rings. The van der Waals surface area contributed by atoms with E-state index in [0.29, 0.717) is 5.56 Å². The third-order valence-electron chi connectivity index (χ3n) is 2.73. The third kappa shape index (κ3) is 2.15. The van der Waals surface area contributed by atoms with E-state index in [4.69, 9.17) is 5.11 Å². The van der Waals surface area contributed by atoms with Gasteiger partial charge in [0.15, 0.2) is 0 Å². The minimum Gasteiger partial charge on any atom is -0.477 e. The van der Waals surface area contributed by atoms with E-state index >= 15 is 0 Å². The molecule has 0 amide bonds. The van der Waals surface area contributed by atoms with Gasteiger partial charge in [-0.15, -0.1) is 0 Å².